The normalized spacial score (nSPS) is 10.1. The van der Waals surface area contributed by atoms with Gasteiger partial charge in [-0.2, -0.15) is 0 Å². The second kappa shape index (κ2) is 5.28. The summed E-state index contributed by atoms with van der Waals surface area (Å²) in [6.45, 7) is 0.478. The summed E-state index contributed by atoms with van der Waals surface area (Å²) in [4.78, 5) is 3.94. The molecule has 0 radical (unpaired) electrons. The Bertz CT molecular complexity index is 443. The molecule has 82 valence electrons. The molecule has 2 aromatic rings. The molecule has 0 aliphatic heterocycles. The molecule has 0 amide bonds. The van der Waals surface area contributed by atoms with E-state index in [1.807, 2.05) is 36.4 Å². The summed E-state index contributed by atoms with van der Waals surface area (Å²) in [5, 5.41) is 9.13. The van der Waals surface area contributed by atoms with Crippen LogP contribution in [0.15, 0.2) is 48.8 Å². The lowest BCUT2D eigenvalue weighted by molar-refractivity contribution is 0.259. The number of hydrogen-bond donors (Lipinski definition) is 1. The topological polar surface area (TPSA) is 42.4 Å². The average molecular weight is 215 g/mol. The van der Waals surface area contributed by atoms with Crippen LogP contribution in [0, 0.1) is 0 Å². The Kier molecular flexibility index (Phi) is 3.51. The maximum Gasteiger partial charge on any atom is 0.125 e. The Labute approximate surface area is 94.3 Å². The first-order valence-electron chi connectivity index (χ1n) is 5.10. The quantitative estimate of drug-likeness (QED) is 0.849. The molecule has 16 heavy (non-hydrogen) atoms. The summed E-state index contributed by atoms with van der Waals surface area (Å²) in [6.07, 6.45) is 3.47. The van der Waals surface area contributed by atoms with Crippen molar-refractivity contribution in [3.63, 3.8) is 0 Å². The summed E-state index contributed by atoms with van der Waals surface area (Å²) in [7, 11) is 0. The Hall–Kier alpha value is -1.87. The van der Waals surface area contributed by atoms with E-state index in [0.29, 0.717) is 6.61 Å². The van der Waals surface area contributed by atoms with Gasteiger partial charge in [0.15, 0.2) is 0 Å². The molecule has 0 atom stereocenters. The number of rotatable bonds is 4. The molecule has 3 heteroatoms. The van der Waals surface area contributed by atoms with Gasteiger partial charge in [0.1, 0.15) is 12.4 Å². The minimum atomic E-state index is -0.00742. The lowest BCUT2D eigenvalue weighted by Gasteiger charge is -2.09. The van der Waals surface area contributed by atoms with Gasteiger partial charge < -0.3 is 9.84 Å². The molecular formula is C13H13NO2. The highest BCUT2D eigenvalue weighted by Gasteiger charge is 2.01. The zero-order valence-electron chi connectivity index (χ0n) is 8.84. The Morgan fingerprint density at radius 3 is 2.56 bits per heavy atom. The van der Waals surface area contributed by atoms with Crippen LogP contribution in [0.4, 0.5) is 0 Å². The fraction of sp³-hybridized carbons (Fsp3) is 0.154. The van der Waals surface area contributed by atoms with Gasteiger partial charge in [-0.3, -0.25) is 4.98 Å². The van der Waals surface area contributed by atoms with Gasteiger partial charge in [0.25, 0.3) is 0 Å². The molecule has 1 heterocycles. The fourth-order valence-corrected chi connectivity index (χ4v) is 1.42. The van der Waals surface area contributed by atoms with Crippen LogP contribution in [0.1, 0.15) is 11.1 Å². The van der Waals surface area contributed by atoms with E-state index in [2.05, 4.69) is 4.98 Å². The molecule has 0 unspecified atom stereocenters. The predicted molar refractivity (Wildman–Crippen MR) is 60.9 cm³/mol. The van der Waals surface area contributed by atoms with Gasteiger partial charge in [0, 0.05) is 18.0 Å². The number of para-hydroxylation sites is 1. The molecule has 0 aliphatic carbocycles. The largest absolute Gasteiger partial charge is 0.489 e. The van der Waals surface area contributed by atoms with E-state index in [-0.39, 0.29) is 6.61 Å². The first-order chi connectivity index (χ1) is 7.90. The van der Waals surface area contributed by atoms with Gasteiger partial charge in [-0.25, -0.2) is 0 Å². The average Bonchev–Trinajstić information content (AvgIpc) is 2.38. The molecule has 0 aliphatic rings. The van der Waals surface area contributed by atoms with Crippen LogP contribution in [-0.4, -0.2) is 10.1 Å². The van der Waals surface area contributed by atoms with Gasteiger partial charge in [-0.05, 0) is 23.8 Å². The highest BCUT2D eigenvalue weighted by Crippen LogP contribution is 2.18. The van der Waals surface area contributed by atoms with E-state index >= 15 is 0 Å². The van der Waals surface area contributed by atoms with Crippen LogP contribution >= 0.6 is 0 Å². The first-order valence-corrected chi connectivity index (χ1v) is 5.10. The number of benzene rings is 1. The van der Waals surface area contributed by atoms with Gasteiger partial charge in [0.05, 0.1) is 6.61 Å². The van der Waals surface area contributed by atoms with E-state index in [4.69, 9.17) is 9.84 Å². The molecule has 0 fully saturated rings. The van der Waals surface area contributed by atoms with E-state index < -0.39 is 0 Å². The molecule has 3 nitrogen and oxygen atoms in total. The molecule has 0 saturated carbocycles. The summed E-state index contributed by atoms with van der Waals surface area (Å²) < 4.78 is 5.63. The summed E-state index contributed by atoms with van der Waals surface area (Å²) in [6, 6.07) is 11.3. The van der Waals surface area contributed by atoms with Gasteiger partial charge in [-0.15, -0.1) is 0 Å². The van der Waals surface area contributed by atoms with Gasteiger partial charge in [0.2, 0.25) is 0 Å². The van der Waals surface area contributed by atoms with Crippen molar-refractivity contribution in [2.45, 2.75) is 13.2 Å². The van der Waals surface area contributed by atoms with E-state index in [1.165, 1.54) is 0 Å². The number of aromatic nitrogens is 1. The van der Waals surface area contributed by atoms with Crippen molar-refractivity contribution in [3.8, 4) is 5.75 Å². The van der Waals surface area contributed by atoms with Crippen LogP contribution in [-0.2, 0) is 13.2 Å². The second-order valence-electron chi connectivity index (χ2n) is 3.41. The highest BCUT2D eigenvalue weighted by molar-refractivity contribution is 5.32. The maximum atomic E-state index is 9.13. The Morgan fingerprint density at radius 2 is 1.81 bits per heavy atom. The number of hydrogen-bond acceptors (Lipinski definition) is 3. The van der Waals surface area contributed by atoms with Crippen LogP contribution < -0.4 is 4.74 Å². The standard InChI is InChI=1S/C13H13NO2/c15-9-12-3-1-2-4-13(12)16-10-11-5-7-14-8-6-11/h1-8,15H,9-10H2. The SMILES string of the molecule is OCc1ccccc1OCc1ccncc1. The second-order valence-corrected chi connectivity index (χ2v) is 3.41. The Balaban J connectivity index is 2.05. The Morgan fingerprint density at radius 1 is 1.06 bits per heavy atom. The molecule has 1 aromatic carbocycles. The lowest BCUT2D eigenvalue weighted by atomic mass is 10.2. The lowest BCUT2D eigenvalue weighted by Crippen LogP contribution is -1.98. The van der Waals surface area contributed by atoms with Crippen molar-refractivity contribution >= 4 is 0 Å². The van der Waals surface area contributed by atoms with E-state index in [1.54, 1.807) is 12.4 Å². The molecule has 2 rings (SSSR count). The van der Waals surface area contributed by atoms with E-state index in [9.17, 15) is 0 Å². The van der Waals surface area contributed by atoms with Crippen molar-refractivity contribution in [1.29, 1.82) is 0 Å². The third-order valence-corrected chi connectivity index (χ3v) is 2.29. The third-order valence-electron chi connectivity index (χ3n) is 2.29. The summed E-state index contributed by atoms with van der Waals surface area (Å²) in [5.41, 5.74) is 1.86. The van der Waals surface area contributed by atoms with Crippen LogP contribution in [0.3, 0.4) is 0 Å². The third kappa shape index (κ3) is 2.58. The van der Waals surface area contributed by atoms with E-state index in [0.717, 1.165) is 16.9 Å². The number of nitrogens with zero attached hydrogens (tertiary/aromatic N) is 1. The molecule has 0 spiro atoms. The van der Waals surface area contributed by atoms with Crippen molar-refractivity contribution in [2.24, 2.45) is 0 Å². The van der Waals surface area contributed by atoms with Crippen LogP contribution in [0.5, 0.6) is 5.75 Å². The zero-order valence-corrected chi connectivity index (χ0v) is 8.84. The van der Waals surface area contributed by atoms with Crippen LogP contribution in [0.2, 0.25) is 0 Å². The van der Waals surface area contributed by atoms with Crippen molar-refractivity contribution in [1.82, 2.24) is 4.98 Å². The minimum Gasteiger partial charge on any atom is -0.489 e. The minimum absolute atomic E-state index is 0.00742. The van der Waals surface area contributed by atoms with Crippen molar-refractivity contribution < 1.29 is 9.84 Å². The van der Waals surface area contributed by atoms with Crippen LogP contribution in [0.25, 0.3) is 0 Å². The number of ether oxygens (including phenoxy) is 1. The number of aliphatic hydroxyl groups excluding tert-OH is 1. The van der Waals surface area contributed by atoms with Gasteiger partial charge in [-0.1, -0.05) is 18.2 Å². The highest BCUT2D eigenvalue weighted by atomic mass is 16.5. The fourth-order valence-electron chi connectivity index (χ4n) is 1.42. The van der Waals surface area contributed by atoms with Crippen molar-refractivity contribution in [3.05, 3.63) is 59.9 Å². The smallest absolute Gasteiger partial charge is 0.125 e. The molecule has 1 N–H and O–H groups in total. The molecule has 0 bridgehead atoms. The predicted octanol–water partition coefficient (Wildman–Crippen LogP) is 2.15. The number of pyridine rings is 1. The van der Waals surface area contributed by atoms with Gasteiger partial charge >= 0.3 is 0 Å². The molecule has 1 aromatic heterocycles. The molecular weight excluding hydrogens is 202 g/mol. The summed E-state index contributed by atoms with van der Waals surface area (Å²) >= 11 is 0. The monoisotopic (exact) mass is 215 g/mol. The first kappa shape index (κ1) is 10.6. The summed E-state index contributed by atoms with van der Waals surface area (Å²) in [5.74, 6) is 0.724. The zero-order chi connectivity index (χ0) is 11.2. The molecule has 0 saturated heterocycles. The maximum absolute atomic E-state index is 9.13. The van der Waals surface area contributed by atoms with Crippen molar-refractivity contribution in [2.75, 3.05) is 0 Å². The number of aliphatic hydroxyl groups is 1.